The zero-order chi connectivity index (χ0) is 12.8. The molecular weight excluding hydrogens is 220 g/mol. The molecule has 0 aliphatic heterocycles. The molecule has 5 heteroatoms. The van der Waals surface area contributed by atoms with Gasteiger partial charge in [0.1, 0.15) is 0 Å². The van der Waals surface area contributed by atoms with Gasteiger partial charge in [0.25, 0.3) is 0 Å². The standard InChI is InChI=1S/C12H16N2O3/c1-8(13)5-11(15)14-10-4-2-3-9(6-10)7-12(16)17/h2-4,6,8H,5,7,13H2,1H3,(H,14,15)(H,16,17). The highest BCUT2D eigenvalue weighted by molar-refractivity contribution is 5.91. The predicted octanol–water partition coefficient (Wildman–Crippen LogP) is 0.989. The van der Waals surface area contributed by atoms with Gasteiger partial charge in [0.15, 0.2) is 0 Å². The number of carbonyl (C=O) groups excluding carboxylic acids is 1. The molecule has 1 unspecified atom stereocenters. The quantitative estimate of drug-likeness (QED) is 0.710. The zero-order valence-electron chi connectivity index (χ0n) is 9.64. The van der Waals surface area contributed by atoms with Crippen molar-refractivity contribution >= 4 is 17.6 Å². The third-order valence-corrected chi connectivity index (χ3v) is 2.07. The van der Waals surface area contributed by atoms with Crippen molar-refractivity contribution in [3.63, 3.8) is 0 Å². The number of benzene rings is 1. The first-order valence-electron chi connectivity index (χ1n) is 5.33. The van der Waals surface area contributed by atoms with Gasteiger partial charge < -0.3 is 16.2 Å². The summed E-state index contributed by atoms with van der Waals surface area (Å²) in [6.45, 7) is 1.75. The van der Waals surface area contributed by atoms with Crippen molar-refractivity contribution in [2.24, 2.45) is 5.73 Å². The SMILES string of the molecule is CC(N)CC(=O)Nc1cccc(CC(=O)O)c1. The number of hydrogen-bond donors (Lipinski definition) is 3. The first kappa shape index (κ1) is 13.2. The highest BCUT2D eigenvalue weighted by Crippen LogP contribution is 2.11. The minimum atomic E-state index is -0.899. The lowest BCUT2D eigenvalue weighted by Gasteiger charge is -2.08. The van der Waals surface area contributed by atoms with Crippen LogP contribution in [0.2, 0.25) is 0 Å². The van der Waals surface area contributed by atoms with E-state index in [2.05, 4.69) is 5.32 Å². The summed E-state index contributed by atoms with van der Waals surface area (Å²) in [6, 6.07) is 6.57. The van der Waals surface area contributed by atoms with E-state index in [0.717, 1.165) is 0 Å². The van der Waals surface area contributed by atoms with Gasteiger partial charge in [-0.25, -0.2) is 0 Å². The maximum atomic E-state index is 11.4. The number of anilines is 1. The fourth-order valence-corrected chi connectivity index (χ4v) is 1.44. The van der Waals surface area contributed by atoms with Crippen LogP contribution in [0, 0.1) is 0 Å². The topological polar surface area (TPSA) is 92.4 Å². The van der Waals surface area contributed by atoms with Crippen LogP contribution in [-0.4, -0.2) is 23.0 Å². The highest BCUT2D eigenvalue weighted by Gasteiger charge is 2.06. The van der Waals surface area contributed by atoms with Gasteiger partial charge in [-0.15, -0.1) is 0 Å². The molecule has 1 atom stereocenters. The van der Waals surface area contributed by atoms with Crippen LogP contribution in [0.5, 0.6) is 0 Å². The monoisotopic (exact) mass is 236 g/mol. The number of hydrogen-bond acceptors (Lipinski definition) is 3. The fraction of sp³-hybridized carbons (Fsp3) is 0.333. The Morgan fingerprint density at radius 2 is 2.18 bits per heavy atom. The number of nitrogens with one attached hydrogen (secondary N) is 1. The number of carbonyl (C=O) groups is 2. The Bertz CT molecular complexity index is 416. The Labute approximate surface area is 99.6 Å². The second kappa shape index (κ2) is 6.00. The largest absolute Gasteiger partial charge is 0.481 e. The lowest BCUT2D eigenvalue weighted by atomic mass is 10.1. The molecule has 17 heavy (non-hydrogen) atoms. The van der Waals surface area contributed by atoms with Gasteiger partial charge in [0.05, 0.1) is 6.42 Å². The molecule has 0 aliphatic rings. The Hall–Kier alpha value is -1.88. The van der Waals surface area contributed by atoms with E-state index in [4.69, 9.17) is 10.8 Å². The summed E-state index contributed by atoms with van der Waals surface area (Å²) in [5.74, 6) is -1.07. The van der Waals surface area contributed by atoms with Gasteiger partial charge in [-0.05, 0) is 24.6 Å². The van der Waals surface area contributed by atoms with Gasteiger partial charge in [-0.1, -0.05) is 12.1 Å². The summed E-state index contributed by atoms with van der Waals surface area (Å²) in [7, 11) is 0. The molecule has 1 amide bonds. The first-order chi connectivity index (χ1) is 7.97. The molecule has 0 radical (unpaired) electrons. The van der Waals surface area contributed by atoms with Crippen molar-refractivity contribution in [1.82, 2.24) is 0 Å². The smallest absolute Gasteiger partial charge is 0.307 e. The minimum Gasteiger partial charge on any atom is -0.481 e. The Balaban J connectivity index is 2.65. The van der Waals surface area contributed by atoms with Crippen molar-refractivity contribution in [3.05, 3.63) is 29.8 Å². The van der Waals surface area contributed by atoms with Crippen LogP contribution in [0.4, 0.5) is 5.69 Å². The van der Waals surface area contributed by atoms with Crippen molar-refractivity contribution < 1.29 is 14.7 Å². The zero-order valence-corrected chi connectivity index (χ0v) is 9.64. The van der Waals surface area contributed by atoms with Crippen molar-refractivity contribution in [2.45, 2.75) is 25.8 Å². The Kier molecular flexibility index (Phi) is 4.66. The van der Waals surface area contributed by atoms with Gasteiger partial charge in [-0.2, -0.15) is 0 Å². The highest BCUT2D eigenvalue weighted by atomic mass is 16.4. The molecule has 0 aromatic heterocycles. The second-order valence-electron chi connectivity index (χ2n) is 4.00. The molecule has 1 rings (SSSR count). The van der Waals surface area contributed by atoms with E-state index >= 15 is 0 Å². The van der Waals surface area contributed by atoms with E-state index in [9.17, 15) is 9.59 Å². The number of carboxylic acid groups (broad SMARTS) is 1. The molecule has 0 saturated carbocycles. The Morgan fingerprint density at radius 3 is 2.76 bits per heavy atom. The lowest BCUT2D eigenvalue weighted by Crippen LogP contribution is -2.24. The molecule has 1 aromatic carbocycles. The van der Waals surface area contributed by atoms with Crippen LogP contribution in [0.15, 0.2) is 24.3 Å². The van der Waals surface area contributed by atoms with Gasteiger partial charge in [0.2, 0.25) is 5.91 Å². The number of carboxylic acids is 1. The molecule has 5 nitrogen and oxygen atoms in total. The molecule has 0 heterocycles. The van der Waals surface area contributed by atoms with E-state index in [1.165, 1.54) is 0 Å². The first-order valence-corrected chi connectivity index (χ1v) is 5.33. The summed E-state index contributed by atoms with van der Waals surface area (Å²) >= 11 is 0. The average Bonchev–Trinajstić information content (AvgIpc) is 2.14. The van der Waals surface area contributed by atoms with E-state index < -0.39 is 5.97 Å². The summed E-state index contributed by atoms with van der Waals surface area (Å²) < 4.78 is 0. The van der Waals surface area contributed by atoms with Crippen molar-refractivity contribution in [2.75, 3.05) is 5.32 Å². The molecule has 92 valence electrons. The van der Waals surface area contributed by atoms with Crippen molar-refractivity contribution in [1.29, 1.82) is 0 Å². The van der Waals surface area contributed by atoms with Crippen LogP contribution >= 0.6 is 0 Å². The average molecular weight is 236 g/mol. The normalized spacial score (nSPS) is 11.9. The van der Waals surface area contributed by atoms with E-state index in [-0.39, 0.29) is 24.8 Å². The van der Waals surface area contributed by atoms with E-state index in [1.54, 1.807) is 31.2 Å². The molecule has 0 bridgehead atoms. The number of rotatable bonds is 5. The second-order valence-corrected chi connectivity index (χ2v) is 4.00. The molecule has 0 spiro atoms. The molecule has 0 saturated heterocycles. The summed E-state index contributed by atoms with van der Waals surface area (Å²) in [6.07, 6.45) is 0.181. The summed E-state index contributed by atoms with van der Waals surface area (Å²) in [5, 5.41) is 11.3. The number of nitrogens with two attached hydrogens (primary N) is 1. The minimum absolute atomic E-state index is 0.0585. The van der Waals surface area contributed by atoms with Gasteiger partial charge in [0, 0.05) is 18.2 Å². The number of aliphatic carboxylic acids is 1. The van der Waals surface area contributed by atoms with E-state index in [0.29, 0.717) is 11.3 Å². The third kappa shape index (κ3) is 5.12. The molecule has 0 fully saturated rings. The van der Waals surface area contributed by atoms with Gasteiger partial charge >= 0.3 is 5.97 Å². The lowest BCUT2D eigenvalue weighted by molar-refractivity contribution is -0.136. The van der Waals surface area contributed by atoms with Crippen LogP contribution in [0.25, 0.3) is 0 Å². The van der Waals surface area contributed by atoms with Crippen LogP contribution < -0.4 is 11.1 Å². The summed E-state index contributed by atoms with van der Waals surface area (Å²) in [4.78, 5) is 22.0. The maximum Gasteiger partial charge on any atom is 0.307 e. The number of amides is 1. The molecule has 0 aliphatic carbocycles. The fourth-order valence-electron chi connectivity index (χ4n) is 1.44. The van der Waals surface area contributed by atoms with Crippen LogP contribution in [0.1, 0.15) is 18.9 Å². The Morgan fingerprint density at radius 1 is 1.47 bits per heavy atom. The molecular formula is C12H16N2O3. The summed E-state index contributed by atoms with van der Waals surface area (Å²) in [5.41, 5.74) is 6.75. The van der Waals surface area contributed by atoms with E-state index in [1.807, 2.05) is 0 Å². The molecule has 1 aromatic rings. The predicted molar refractivity (Wildman–Crippen MR) is 64.7 cm³/mol. The molecule has 4 N–H and O–H groups in total. The van der Waals surface area contributed by atoms with Crippen LogP contribution in [0.3, 0.4) is 0 Å². The third-order valence-electron chi connectivity index (χ3n) is 2.07. The van der Waals surface area contributed by atoms with Gasteiger partial charge in [-0.3, -0.25) is 9.59 Å². The van der Waals surface area contributed by atoms with Crippen molar-refractivity contribution in [3.8, 4) is 0 Å². The maximum absolute atomic E-state index is 11.4. The van der Waals surface area contributed by atoms with Crippen LogP contribution in [-0.2, 0) is 16.0 Å².